The van der Waals surface area contributed by atoms with Gasteiger partial charge in [-0.15, -0.1) is 34.9 Å². The second-order valence-corrected chi connectivity index (χ2v) is 5.25. The van der Waals surface area contributed by atoms with Crippen molar-refractivity contribution in [1.82, 2.24) is 9.88 Å². The van der Waals surface area contributed by atoms with E-state index in [1.807, 2.05) is 24.3 Å². The maximum absolute atomic E-state index is 10.1. The lowest BCUT2D eigenvalue weighted by atomic mass is 10.2. The van der Waals surface area contributed by atoms with E-state index < -0.39 is 5.09 Å². The van der Waals surface area contributed by atoms with Crippen LogP contribution in [-0.4, -0.2) is 54.3 Å². The number of fused-ring (bicyclic) bond motifs is 1. The van der Waals surface area contributed by atoms with Crippen LogP contribution >= 0.6 is 24.8 Å². The van der Waals surface area contributed by atoms with Crippen molar-refractivity contribution >= 4 is 41.5 Å². The average molecular weight is 375 g/mol. The van der Waals surface area contributed by atoms with Gasteiger partial charge >= 0.3 is 0 Å². The molecule has 1 aromatic heterocycles. The molecule has 1 aromatic carbocycles. The van der Waals surface area contributed by atoms with Crippen LogP contribution in [0.3, 0.4) is 0 Å². The van der Waals surface area contributed by atoms with Crippen LogP contribution in [0.5, 0.6) is 0 Å². The molecule has 0 spiro atoms. The minimum absolute atomic E-state index is 0. The molecular weight excluding hydrogens is 355 g/mol. The van der Waals surface area contributed by atoms with Gasteiger partial charge in [0, 0.05) is 38.1 Å². The van der Waals surface area contributed by atoms with Gasteiger partial charge in [-0.2, -0.15) is 0 Å². The highest BCUT2D eigenvalue weighted by Crippen LogP contribution is 2.19. The van der Waals surface area contributed by atoms with E-state index in [2.05, 4.69) is 26.8 Å². The molecule has 2 aromatic rings. The van der Waals surface area contributed by atoms with E-state index in [0.29, 0.717) is 6.54 Å². The van der Waals surface area contributed by atoms with Gasteiger partial charge in [-0.25, -0.2) is 4.98 Å². The van der Waals surface area contributed by atoms with Gasteiger partial charge in [0.05, 0.1) is 5.52 Å². The van der Waals surface area contributed by atoms with Crippen LogP contribution < -0.4 is 4.90 Å². The van der Waals surface area contributed by atoms with Gasteiger partial charge in [0.15, 0.2) is 0 Å². The number of piperazine rings is 1. The van der Waals surface area contributed by atoms with Crippen LogP contribution in [0.1, 0.15) is 0 Å². The number of rotatable bonds is 5. The fourth-order valence-corrected chi connectivity index (χ4v) is 2.68. The molecule has 0 amide bonds. The largest absolute Gasteiger partial charge is 0.354 e. The highest BCUT2D eigenvalue weighted by Gasteiger charge is 2.18. The highest BCUT2D eigenvalue weighted by molar-refractivity contribution is 5.85. The number of para-hydroxylation sites is 1. The Bertz CT molecular complexity index is 666. The maximum Gasteiger partial charge on any atom is 0.294 e. The van der Waals surface area contributed by atoms with Crippen LogP contribution in [-0.2, 0) is 4.84 Å². The van der Waals surface area contributed by atoms with Crippen LogP contribution in [0.25, 0.3) is 10.9 Å². The molecular formula is C15H20Cl2N4O3. The molecule has 1 fully saturated rings. The second kappa shape index (κ2) is 9.46. The van der Waals surface area contributed by atoms with Crippen molar-refractivity contribution in [2.24, 2.45) is 0 Å². The Morgan fingerprint density at radius 1 is 1.08 bits per heavy atom. The zero-order chi connectivity index (χ0) is 15.4. The lowest BCUT2D eigenvalue weighted by molar-refractivity contribution is -0.757. The Labute approximate surface area is 152 Å². The SMILES string of the molecule is Cl.Cl.O=[N+]([O-])OCCN1CCN(c2ccc3ccccc3n2)CC1. The minimum atomic E-state index is -0.741. The minimum Gasteiger partial charge on any atom is -0.354 e. The fraction of sp³-hybridized carbons (Fsp3) is 0.400. The average Bonchev–Trinajstić information content (AvgIpc) is 2.55. The van der Waals surface area contributed by atoms with Crippen LogP contribution in [0.4, 0.5) is 5.82 Å². The Morgan fingerprint density at radius 2 is 1.79 bits per heavy atom. The molecule has 0 N–H and O–H groups in total. The Kier molecular flexibility index (Phi) is 7.97. The van der Waals surface area contributed by atoms with Crippen LogP contribution in [0, 0.1) is 10.1 Å². The van der Waals surface area contributed by atoms with Crippen LogP contribution in [0.15, 0.2) is 36.4 Å². The molecule has 1 aliphatic rings. The number of aromatic nitrogens is 1. The lowest BCUT2D eigenvalue weighted by Gasteiger charge is -2.35. The number of hydrogen-bond acceptors (Lipinski definition) is 6. The van der Waals surface area contributed by atoms with Crippen molar-refractivity contribution in [3.05, 3.63) is 46.5 Å². The molecule has 132 valence electrons. The number of anilines is 1. The molecule has 0 atom stereocenters. The number of nitrogens with zero attached hydrogens (tertiary/aromatic N) is 4. The molecule has 3 rings (SSSR count). The molecule has 1 saturated heterocycles. The monoisotopic (exact) mass is 374 g/mol. The molecule has 0 radical (unpaired) electrons. The standard InChI is InChI=1S/C15H18N4O3.2ClH/c20-19(21)22-12-11-17-7-9-18(10-8-17)15-6-5-13-3-1-2-4-14(13)16-15;;/h1-6H,7-12H2;2*1H. The van der Waals surface area contributed by atoms with Gasteiger partial charge < -0.3 is 9.74 Å². The molecule has 1 aliphatic heterocycles. The zero-order valence-electron chi connectivity index (χ0n) is 13.0. The van der Waals surface area contributed by atoms with E-state index in [1.165, 1.54) is 0 Å². The van der Waals surface area contributed by atoms with Gasteiger partial charge in [-0.3, -0.25) is 4.90 Å². The lowest BCUT2D eigenvalue weighted by Crippen LogP contribution is -2.47. The zero-order valence-corrected chi connectivity index (χ0v) is 14.7. The molecule has 7 nitrogen and oxygen atoms in total. The molecule has 0 aliphatic carbocycles. The third-order valence-corrected chi connectivity index (χ3v) is 3.88. The summed E-state index contributed by atoms with van der Waals surface area (Å²) in [4.78, 5) is 23.6. The Hall–Kier alpha value is -1.83. The predicted octanol–water partition coefficient (Wildman–Crippen LogP) is 2.41. The summed E-state index contributed by atoms with van der Waals surface area (Å²) in [5, 5.41) is 10.5. The predicted molar refractivity (Wildman–Crippen MR) is 97.8 cm³/mol. The van der Waals surface area contributed by atoms with E-state index in [1.54, 1.807) is 0 Å². The Balaban J connectivity index is 0.00000144. The van der Waals surface area contributed by atoms with E-state index in [4.69, 9.17) is 4.98 Å². The van der Waals surface area contributed by atoms with E-state index in [0.717, 1.165) is 42.9 Å². The molecule has 0 saturated carbocycles. The quantitative estimate of drug-likeness (QED) is 0.591. The summed E-state index contributed by atoms with van der Waals surface area (Å²) >= 11 is 0. The molecule has 0 unspecified atom stereocenters. The highest BCUT2D eigenvalue weighted by atomic mass is 35.5. The van der Waals surface area contributed by atoms with Gasteiger partial charge in [0.25, 0.3) is 5.09 Å². The number of benzene rings is 1. The Morgan fingerprint density at radius 3 is 2.50 bits per heavy atom. The van der Waals surface area contributed by atoms with Gasteiger partial charge in [-0.1, -0.05) is 18.2 Å². The van der Waals surface area contributed by atoms with Crippen molar-refractivity contribution in [2.75, 3.05) is 44.2 Å². The van der Waals surface area contributed by atoms with E-state index in [9.17, 15) is 10.1 Å². The summed E-state index contributed by atoms with van der Waals surface area (Å²) in [6, 6.07) is 12.2. The smallest absolute Gasteiger partial charge is 0.294 e. The first-order valence-corrected chi connectivity index (χ1v) is 7.33. The summed E-state index contributed by atoms with van der Waals surface area (Å²) in [6.45, 7) is 4.15. The molecule has 2 heterocycles. The maximum atomic E-state index is 10.1. The molecule has 24 heavy (non-hydrogen) atoms. The van der Waals surface area contributed by atoms with Gasteiger partial charge in [0.2, 0.25) is 0 Å². The fourth-order valence-electron chi connectivity index (χ4n) is 2.68. The first-order valence-electron chi connectivity index (χ1n) is 7.33. The number of pyridine rings is 1. The van der Waals surface area contributed by atoms with Crippen molar-refractivity contribution in [3.8, 4) is 0 Å². The topological polar surface area (TPSA) is 71.7 Å². The second-order valence-electron chi connectivity index (χ2n) is 5.25. The summed E-state index contributed by atoms with van der Waals surface area (Å²) in [6.07, 6.45) is 0. The first-order chi connectivity index (χ1) is 10.7. The van der Waals surface area contributed by atoms with Crippen molar-refractivity contribution < 1.29 is 9.92 Å². The third kappa shape index (κ3) is 5.09. The normalized spacial score (nSPS) is 14.6. The van der Waals surface area contributed by atoms with Crippen molar-refractivity contribution in [2.45, 2.75) is 0 Å². The van der Waals surface area contributed by atoms with Crippen molar-refractivity contribution in [3.63, 3.8) is 0 Å². The first kappa shape index (κ1) is 20.2. The molecule has 0 bridgehead atoms. The number of hydrogen-bond donors (Lipinski definition) is 0. The third-order valence-electron chi connectivity index (χ3n) is 3.88. The summed E-state index contributed by atoms with van der Waals surface area (Å²) in [5.74, 6) is 0.986. The van der Waals surface area contributed by atoms with E-state index >= 15 is 0 Å². The summed E-state index contributed by atoms with van der Waals surface area (Å²) in [7, 11) is 0. The van der Waals surface area contributed by atoms with E-state index in [-0.39, 0.29) is 31.4 Å². The number of halogens is 2. The van der Waals surface area contributed by atoms with Gasteiger partial charge in [-0.05, 0) is 18.2 Å². The van der Waals surface area contributed by atoms with Crippen molar-refractivity contribution in [1.29, 1.82) is 0 Å². The van der Waals surface area contributed by atoms with Gasteiger partial charge in [0.1, 0.15) is 12.4 Å². The molecule has 9 heteroatoms. The summed E-state index contributed by atoms with van der Waals surface area (Å²) in [5.41, 5.74) is 1.00. The summed E-state index contributed by atoms with van der Waals surface area (Å²) < 4.78 is 0. The van der Waals surface area contributed by atoms with Crippen LogP contribution in [0.2, 0.25) is 0 Å².